The molecule has 140 valence electrons. The van der Waals surface area contributed by atoms with Gasteiger partial charge in [0.25, 0.3) is 0 Å². The van der Waals surface area contributed by atoms with Crippen LogP contribution in [-0.4, -0.2) is 44.9 Å². The average Bonchev–Trinajstić information content (AvgIpc) is 2.91. The Morgan fingerprint density at radius 3 is 2.88 bits per heavy atom. The number of esters is 1. The lowest BCUT2D eigenvalue weighted by Crippen LogP contribution is -2.40. The molecule has 0 bridgehead atoms. The molecule has 0 saturated carbocycles. The standard InChI is InChI=1S/C19H26N4O2S/c1-4-25-18(24)15-9-7-11-22(12-15)13-23-19(26)21(3)17(20-23)16-10-6-5-8-14(16)2/h5-6,8,10,15H,4,7,9,11-13H2,1-3H3/t15-/m0/s1. The zero-order valence-corrected chi connectivity index (χ0v) is 16.5. The topological polar surface area (TPSA) is 52.3 Å². The van der Waals surface area contributed by atoms with Crippen LogP contribution in [0.5, 0.6) is 0 Å². The Bertz CT molecular complexity index is 842. The maximum Gasteiger partial charge on any atom is 0.310 e. The minimum Gasteiger partial charge on any atom is -0.466 e. The maximum atomic E-state index is 12.0. The highest BCUT2D eigenvalue weighted by Gasteiger charge is 2.27. The molecular formula is C19H26N4O2S. The number of ether oxygens (including phenoxy) is 1. The molecule has 2 heterocycles. The molecule has 1 fully saturated rings. The fourth-order valence-electron chi connectivity index (χ4n) is 3.46. The molecule has 1 aliphatic rings. The predicted molar refractivity (Wildman–Crippen MR) is 103 cm³/mol. The van der Waals surface area contributed by atoms with E-state index in [1.807, 2.05) is 35.4 Å². The van der Waals surface area contributed by atoms with Crippen LogP contribution in [0.2, 0.25) is 0 Å². The number of piperidine rings is 1. The van der Waals surface area contributed by atoms with Gasteiger partial charge in [0.1, 0.15) is 0 Å². The number of carbonyl (C=O) groups is 1. The number of benzene rings is 1. The Morgan fingerprint density at radius 2 is 2.15 bits per heavy atom. The summed E-state index contributed by atoms with van der Waals surface area (Å²) in [7, 11) is 1.95. The van der Waals surface area contributed by atoms with Crippen molar-refractivity contribution in [2.75, 3.05) is 19.7 Å². The second-order valence-electron chi connectivity index (χ2n) is 6.79. The highest BCUT2D eigenvalue weighted by molar-refractivity contribution is 7.71. The van der Waals surface area contributed by atoms with Crippen LogP contribution in [0, 0.1) is 17.6 Å². The van der Waals surface area contributed by atoms with Gasteiger partial charge in [-0.1, -0.05) is 24.3 Å². The van der Waals surface area contributed by atoms with E-state index in [1.165, 1.54) is 5.56 Å². The molecule has 0 aliphatic carbocycles. The van der Waals surface area contributed by atoms with Gasteiger partial charge in [-0.2, -0.15) is 5.10 Å². The summed E-state index contributed by atoms with van der Waals surface area (Å²) in [6.45, 7) is 6.57. The van der Waals surface area contributed by atoms with Crippen molar-refractivity contribution in [3.05, 3.63) is 34.6 Å². The molecule has 1 aromatic carbocycles. The summed E-state index contributed by atoms with van der Waals surface area (Å²) in [6.07, 6.45) is 1.87. The van der Waals surface area contributed by atoms with Crippen molar-refractivity contribution >= 4 is 18.2 Å². The summed E-state index contributed by atoms with van der Waals surface area (Å²) < 4.78 is 9.67. The molecule has 0 radical (unpaired) electrons. The molecule has 0 spiro atoms. The van der Waals surface area contributed by atoms with E-state index in [0.717, 1.165) is 30.8 Å². The molecule has 0 amide bonds. The largest absolute Gasteiger partial charge is 0.466 e. The van der Waals surface area contributed by atoms with Gasteiger partial charge in [-0.05, 0) is 51.0 Å². The molecular weight excluding hydrogens is 348 g/mol. The van der Waals surface area contributed by atoms with Gasteiger partial charge >= 0.3 is 5.97 Å². The molecule has 1 atom stereocenters. The van der Waals surface area contributed by atoms with Gasteiger partial charge in [0.15, 0.2) is 10.6 Å². The van der Waals surface area contributed by atoms with Crippen LogP contribution in [0.1, 0.15) is 25.3 Å². The van der Waals surface area contributed by atoms with Crippen molar-refractivity contribution in [1.82, 2.24) is 19.2 Å². The van der Waals surface area contributed by atoms with Crippen molar-refractivity contribution in [2.45, 2.75) is 33.4 Å². The Hall–Kier alpha value is -1.99. The smallest absolute Gasteiger partial charge is 0.310 e. The summed E-state index contributed by atoms with van der Waals surface area (Å²) in [6, 6.07) is 8.17. The molecule has 0 N–H and O–H groups in total. The summed E-state index contributed by atoms with van der Waals surface area (Å²) >= 11 is 5.59. The first kappa shape index (κ1) is 18.8. The third-order valence-corrected chi connectivity index (χ3v) is 5.37. The van der Waals surface area contributed by atoms with Gasteiger partial charge in [0.2, 0.25) is 0 Å². The lowest BCUT2D eigenvalue weighted by atomic mass is 9.99. The molecule has 1 aromatic heterocycles. The lowest BCUT2D eigenvalue weighted by molar-refractivity contribution is -0.150. The first-order valence-electron chi connectivity index (χ1n) is 9.10. The fourth-order valence-corrected chi connectivity index (χ4v) is 3.65. The van der Waals surface area contributed by atoms with E-state index in [4.69, 9.17) is 22.1 Å². The highest BCUT2D eigenvalue weighted by atomic mass is 32.1. The number of hydrogen-bond donors (Lipinski definition) is 0. The zero-order chi connectivity index (χ0) is 18.7. The summed E-state index contributed by atoms with van der Waals surface area (Å²) in [5.74, 6) is 0.715. The van der Waals surface area contributed by atoms with Crippen LogP contribution < -0.4 is 0 Å². The quantitative estimate of drug-likeness (QED) is 0.594. The zero-order valence-electron chi connectivity index (χ0n) is 15.6. The number of likely N-dealkylation sites (tertiary alicyclic amines) is 1. The molecule has 0 unspecified atom stereocenters. The average molecular weight is 375 g/mol. The van der Waals surface area contributed by atoms with E-state index in [1.54, 1.807) is 0 Å². The van der Waals surface area contributed by atoms with Crippen LogP contribution >= 0.6 is 12.2 Å². The monoisotopic (exact) mass is 374 g/mol. The SMILES string of the molecule is CCOC(=O)[C@H]1CCCN(Cn2nc(-c3ccccc3C)n(C)c2=S)C1. The first-order chi connectivity index (χ1) is 12.5. The van der Waals surface area contributed by atoms with Crippen molar-refractivity contribution in [3.8, 4) is 11.4 Å². The van der Waals surface area contributed by atoms with E-state index in [9.17, 15) is 4.79 Å². The van der Waals surface area contributed by atoms with Crippen LogP contribution in [0.3, 0.4) is 0 Å². The van der Waals surface area contributed by atoms with Gasteiger partial charge in [0, 0.05) is 19.2 Å². The minimum absolute atomic E-state index is 0.0579. The van der Waals surface area contributed by atoms with E-state index in [0.29, 0.717) is 24.6 Å². The summed E-state index contributed by atoms with van der Waals surface area (Å²) in [5.41, 5.74) is 2.26. The van der Waals surface area contributed by atoms with E-state index in [-0.39, 0.29) is 11.9 Å². The number of rotatable bonds is 5. The molecule has 6 nitrogen and oxygen atoms in total. The number of aromatic nitrogens is 3. The van der Waals surface area contributed by atoms with Crippen molar-refractivity contribution < 1.29 is 9.53 Å². The third-order valence-electron chi connectivity index (χ3n) is 4.89. The van der Waals surface area contributed by atoms with Crippen molar-refractivity contribution in [3.63, 3.8) is 0 Å². The number of carbonyl (C=O) groups excluding carboxylic acids is 1. The van der Waals surface area contributed by atoms with Gasteiger partial charge in [-0.25, -0.2) is 4.68 Å². The molecule has 26 heavy (non-hydrogen) atoms. The van der Waals surface area contributed by atoms with Gasteiger partial charge in [-0.3, -0.25) is 9.69 Å². The summed E-state index contributed by atoms with van der Waals surface area (Å²) in [4.78, 5) is 14.3. The van der Waals surface area contributed by atoms with Gasteiger partial charge in [0.05, 0.1) is 19.2 Å². The number of nitrogens with zero attached hydrogens (tertiary/aromatic N) is 4. The Labute approximate surface area is 159 Å². The molecule has 1 aliphatic heterocycles. The predicted octanol–water partition coefficient (Wildman–Crippen LogP) is 3.16. The van der Waals surface area contributed by atoms with Crippen molar-refractivity contribution in [1.29, 1.82) is 0 Å². The molecule has 7 heteroatoms. The Kier molecular flexibility index (Phi) is 5.88. The maximum absolute atomic E-state index is 12.0. The lowest BCUT2D eigenvalue weighted by Gasteiger charge is -2.31. The van der Waals surface area contributed by atoms with Gasteiger partial charge < -0.3 is 9.30 Å². The molecule has 3 rings (SSSR count). The molecule has 2 aromatic rings. The Morgan fingerprint density at radius 1 is 1.38 bits per heavy atom. The number of hydrogen-bond acceptors (Lipinski definition) is 5. The van der Waals surface area contributed by atoms with E-state index < -0.39 is 0 Å². The molecule has 1 saturated heterocycles. The first-order valence-corrected chi connectivity index (χ1v) is 9.51. The Balaban J connectivity index is 1.79. The van der Waals surface area contributed by atoms with E-state index in [2.05, 4.69) is 24.0 Å². The van der Waals surface area contributed by atoms with Crippen LogP contribution in [0.15, 0.2) is 24.3 Å². The van der Waals surface area contributed by atoms with E-state index >= 15 is 0 Å². The summed E-state index contributed by atoms with van der Waals surface area (Å²) in [5, 5.41) is 4.76. The van der Waals surface area contributed by atoms with Gasteiger partial charge in [-0.15, -0.1) is 0 Å². The van der Waals surface area contributed by atoms with Crippen LogP contribution in [0.25, 0.3) is 11.4 Å². The van der Waals surface area contributed by atoms with Crippen molar-refractivity contribution in [2.24, 2.45) is 13.0 Å². The minimum atomic E-state index is -0.0950. The van der Waals surface area contributed by atoms with Crippen LogP contribution in [0.4, 0.5) is 0 Å². The normalized spacial score (nSPS) is 18.0. The fraction of sp³-hybridized carbons (Fsp3) is 0.526. The second kappa shape index (κ2) is 8.14. The number of aryl methyl sites for hydroxylation is 1. The second-order valence-corrected chi connectivity index (χ2v) is 7.15. The highest BCUT2D eigenvalue weighted by Crippen LogP contribution is 2.22. The third kappa shape index (κ3) is 3.88. The van der Waals surface area contributed by atoms with Crippen LogP contribution in [-0.2, 0) is 23.2 Å².